The number of aliphatic imine (C=N–C) groups is 3. The SMILES string of the molecule is COc1ccc2c(c1-c1c(N=Cc3ccc[n-]3)ccc3c1CCCC3)CCCC2.COc1ccc2c(c1-c1c(N=Cc3ccc[n-]3)ccc3c1CCCC3)CCCC2.COc1ccc2c(c1-c1c(N=Cc3ccc[n-]3)ccc3c1CCCC3)CCCC2.[Sm+3]. The molecule has 3 aromatic heterocycles. The average Bonchev–Trinajstić information content (AvgIpc) is 3.85. The van der Waals surface area contributed by atoms with Gasteiger partial charge in [-0.1, -0.05) is 72.8 Å². The van der Waals surface area contributed by atoms with Gasteiger partial charge in [0.05, 0.1) is 38.4 Å². The van der Waals surface area contributed by atoms with Crippen LogP contribution in [-0.2, 0) is 77.0 Å². The van der Waals surface area contributed by atoms with Crippen molar-refractivity contribution in [1.82, 2.24) is 15.0 Å². The summed E-state index contributed by atoms with van der Waals surface area (Å²) < 4.78 is 17.7. The van der Waals surface area contributed by atoms with Gasteiger partial charge in [0.1, 0.15) is 17.2 Å². The number of methoxy groups -OCH3 is 3. The Balaban J connectivity index is 0.000000128. The summed E-state index contributed by atoms with van der Waals surface area (Å²) in [5.41, 5.74) is 31.2. The zero-order valence-corrected chi connectivity index (χ0v) is 54.3. The number of benzene rings is 6. The second kappa shape index (κ2) is 29.0. The van der Waals surface area contributed by atoms with E-state index in [9.17, 15) is 0 Å². The molecule has 0 spiro atoms. The molecule has 1 radical (unpaired) electrons. The van der Waals surface area contributed by atoms with E-state index in [-0.39, 0.29) is 40.4 Å². The Morgan fingerprint density at radius 3 is 0.739 bits per heavy atom. The maximum atomic E-state index is 5.90. The summed E-state index contributed by atoms with van der Waals surface area (Å²) in [6, 6.07) is 38.5. The van der Waals surface area contributed by atoms with Crippen molar-refractivity contribution in [3.8, 4) is 50.6 Å². The second-order valence-corrected chi connectivity index (χ2v) is 24.3. The molecule has 88 heavy (non-hydrogen) atoms. The van der Waals surface area contributed by atoms with E-state index in [1.165, 1.54) is 177 Å². The topological polar surface area (TPSA) is 107 Å². The van der Waals surface area contributed by atoms with E-state index in [0.717, 1.165) is 128 Å². The number of nitrogens with zero attached hydrogens (tertiary/aromatic N) is 6. The summed E-state index contributed by atoms with van der Waals surface area (Å²) in [7, 11) is 5.38. The van der Waals surface area contributed by atoms with Gasteiger partial charge in [-0.15, -0.1) is 17.1 Å². The van der Waals surface area contributed by atoms with Crippen LogP contribution in [-0.4, -0.2) is 40.0 Å². The molecule has 6 aliphatic carbocycles. The zero-order chi connectivity index (χ0) is 58.9. The van der Waals surface area contributed by atoms with Gasteiger partial charge in [0.2, 0.25) is 0 Å². The molecule has 6 aliphatic rings. The fourth-order valence-electron chi connectivity index (χ4n) is 14.9. The maximum Gasteiger partial charge on any atom is 3.00 e. The van der Waals surface area contributed by atoms with Gasteiger partial charge in [0.25, 0.3) is 0 Å². The monoisotopic (exact) mass is 1300 g/mol. The van der Waals surface area contributed by atoms with Crippen molar-refractivity contribution < 1.29 is 54.6 Å². The Morgan fingerprint density at radius 2 is 0.511 bits per heavy atom. The van der Waals surface area contributed by atoms with Gasteiger partial charge in [-0.05, 0) is 257 Å². The Kier molecular flexibility index (Phi) is 20.2. The fraction of sp³-hybridized carbons (Fsp3) is 0.346. The van der Waals surface area contributed by atoms with Crippen LogP contribution in [0.2, 0.25) is 0 Å². The Bertz CT molecular complexity index is 3560. The molecule has 6 aromatic carbocycles. The van der Waals surface area contributed by atoms with E-state index in [4.69, 9.17) is 29.2 Å². The molecule has 0 N–H and O–H groups in total. The molecule has 9 nitrogen and oxygen atoms in total. The van der Waals surface area contributed by atoms with Crippen molar-refractivity contribution in [3.63, 3.8) is 0 Å². The van der Waals surface area contributed by atoms with Gasteiger partial charge in [-0.3, -0.25) is 15.0 Å². The smallest absolute Gasteiger partial charge is 0.663 e. The van der Waals surface area contributed by atoms with E-state index in [1.807, 2.05) is 73.6 Å². The molecule has 15 rings (SSSR count). The molecule has 0 bridgehead atoms. The molecule has 0 amide bonds. The Hall–Kier alpha value is -7.09. The van der Waals surface area contributed by atoms with Crippen LogP contribution in [0.15, 0.2) is 143 Å². The molecule has 3 heterocycles. The molecule has 0 aliphatic heterocycles. The van der Waals surface area contributed by atoms with Crippen LogP contribution in [0.3, 0.4) is 0 Å². The molecule has 0 saturated heterocycles. The predicted octanol–water partition coefficient (Wildman–Crippen LogP) is 17.5. The van der Waals surface area contributed by atoms with Crippen molar-refractivity contribution in [1.29, 1.82) is 0 Å². The minimum atomic E-state index is 0. The third-order valence-corrected chi connectivity index (χ3v) is 19.2. The molecule has 9 aromatic rings. The average molecular weight is 1300 g/mol. The predicted molar refractivity (Wildman–Crippen MR) is 356 cm³/mol. The van der Waals surface area contributed by atoms with Crippen LogP contribution in [0, 0.1) is 40.4 Å². The first-order valence-corrected chi connectivity index (χ1v) is 32.4. The molecule has 10 heteroatoms. The van der Waals surface area contributed by atoms with Crippen LogP contribution >= 0.6 is 0 Å². The van der Waals surface area contributed by atoms with Crippen molar-refractivity contribution in [2.75, 3.05) is 21.3 Å². The van der Waals surface area contributed by atoms with Crippen LogP contribution < -0.4 is 29.2 Å². The number of ether oxygens (including phenoxy) is 3. The third-order valence-electron chi connectivity index (χ3n) is 19.2. The summed E-state index contributed by atoms with van der Waals surface area (Å²) in [5, 5.41) is 0. The van der Waals surface area contributed by atoms with Crippen molar-refractivity contribution in [3.05, 3.63) is 212 Å². The van der Waals surface area contributed by atoms with Gasteiger partial charge in [0, 0.05) is 52.0 Å². The molecular formula is C78H81N6O3Sm. The number of hydrogen-bond donors (Lipinski definition) is 0. The van der Waals surface area contributed by atoms with E-state index >= 15 is 0 Å². The van der Waals surface area contributed by atoms with Gasteiger partial charge in [-0.2, -0.15) is 18.6 Å². The number of fused-ring (bicyclic) bond motifs is 6. The molecular weight excluding hydrogens is 1220 g/mol. The van der Waals surface area contributed by atoms with Gasteiger partial charge < -0.3 is 29.2 Å². The Morgan fingerprint density at radius 1 is 0.284 bits per heavy atom. The Labute approximate surface area is 553 Å². The maximum absolute atomic E-state index is 5.90. The standard InChI is InChI=1S/3C26H27N2O.Sm/c3*1-29-24-15-13-19-8-3-5-11-22(19)26(24)25-21-10-4-2-7-18(21)12-14-23(25)28-17-20-9-6-16-27-20;/h3*6,9,12-17H,2-5,7-8,10-11H2,1H3;/q3*-1;+3. The summed E-state index contributed by atoms with van der Waals surface area (Å²) in [6.45, 7) is 0. The van der Waals surface area contributed by atoms with Gasteiger partial charge in [0.15, 0.2) is 0 Å². The van der Waals surface area contributed by atoms with Crippen LogP contribution in [0.4, 0.5) is 17.1 Å². The minimum absolute atomic E-state index is 0. The van der Waals surface area contributed by atoms with Crippen molar-refractivity contribution in [2.24, 2.45) is 15.0 Å². The molecule has 0 atom stereocenters. The molecule has 0 fully saturated rings. The van der Waals surface area contributed by atoms with Crippen molar-refractivity contribution in [2.45, 2.75) is 154 Å². The van der Waals surface area contributed by atoms with Crippen molar-refractivity contribution >= 4 is 35.7 Å². The first-order valence-electron chi connectivity index (χ1n) is 32.4. The first kappa shape index (κ1) is 61.2. The van der Waals surface area contributed by atoms with Gasteiger partial charge >= 0.3 is 40.4 Å². The van der Waals surface area contributed by atoms with Crippen LogP contribution in [0.1, 0.15) is 161 Å². The van der Waals surface area contributed by atoms with E-state index < -0.39 is 0 Å². The minimum Gasteiger partial charge on any atom is -0.663 e. The number of aryl methyl sites for hydroxylation is 6. The normalized spacial score (nSPS) is 15.7. The number of rotatable bonds is 12. The summed E-state index contributed by atoms with van der Waals surface area (Å²) in [5.74, 6) is 2.94. The fourth-order valence-corrected chi connectivity index (χ4v) is 14.9. The number of aromatic nitrogens is 3. The third kappa shape index (κ3) is 13.1. The first-order chi connectivity index (χ1) is 43.0. The van der Waals surface area contributed by atoms with E-state index in [0.29, 0.717) is 0 Å². The van der Waals surface area contributed by atoms with E-state index in [2.05, 4.69) is 87.7 Å². The van der Waals surface area contributed by atoms with E-state index in [1.54, 1.807) is 21.3 Å². The summed E-state index contributed by atoms with van der Waals surface area (Å²) >= 11 is 0. The molecule has 447 valence electrons. The van der Waals surface area contributed by atoms with Crippen LogP contribution in [0.25, 0.3) is 33.4 Å². The zero-order valence-electron chi connectivity index (χ0n) is 51.6. The number of hydrogen-bond acceptors (Lipinski definition) is 6. The second-order valence-electron chi connectivity index (χ2n) is 24.3. The largest absolute Gasteiger partial charge is 3.00 e. The van der Waals surface area contributed by atoms with Crippen LogP contribution in [0.5, 0.6) is 17.2 Å². The molecule has 0 unspecified atom stereocenters. The van der Waals surface area contributed by atoms with Gasteiger partial charge in [-0.25, -0.2) is 0 Å². The molecule has 0 saturated carbocycles. The summed E-state index contributed by atoms with van der Waals surface area (Å²) in [6.07, 6.45) is 39.9. The quantitative estimate of drug-likeness (QED) is 0.113. The summed E-state index contributed by atoms with van der Waals surface area (Å²) in [4.78, 5) is 27.8.